The van der Waals surface area contributed by atoms with E-state index in [0.29, 0.717) is 12.0 Å². The molecule has 0 bridgehead atoms. The average molecular weight is 381 g/mol. The van der Waals surface area contributed by atoms with Gasteiger partial charge in [0.1, 0.15) is 5.60 Å². The number of fused-ring (bicyclic) bond motifs is 1. The predicted molar refractivity (Wildman–Crippen MR) is 114 cm³/mol. The van der Waals surface area contributed by atoms with Gasteiger partial charge in [-0.25, -0.2) is 0 Å². The Morgan fingerprint density at radius 1 is 0.926 bits per heavy atom. The van der Waals surface area contributed by atoms with E-state index >= 15 is 0 Å². The Labute approximate surface area is 165 Å². The molecule has 1 saturated carbocycles. The lowest BCUT2D eigenvalue weighted by Gasteiger charge is -2.47. The van der Waals surface area contributed by atoms with Crippen LogP contribution in [0.25, 0.3) is 0 Å². The van der Waals surface area contributed by atoms with Gasteiger partial charge < -0.3 is 9.16 Å². The van der Waals surface area contributed by atoms with Gasteiger partial charge in [0.2, 0.25) is 0 Å². The van der Waals surface area contributed by atoms with Crippen LogP contribution in [0.15, 0.2) is 60.7 Å². The SMILES string of the molecule is C[C@@H]1C[C@H]2O[C@@]2(C)[C@H](O[Si](c2ccccc2)(c2ccccc2)C(C)(C)C)C1. The standard InChI is InChI=1S/C24H32O2Si/c1-18-16-21-24(5,25-21)22(17-18)26-27(23(2,3)4,19-12-8-6-9-13-19)20-14-10-7-11-15-20/h6-15,18,21-22H,16-17H2,1-5H3/t18-,21-,22-,24-/m1/s1. The maximum absolute atomic E-state index is 7.36. The predicted octanol–water partition coefficient (Wildman–Crippen LogP) is 4.52. The van der Waals surface area contributed by atoms with Crippen molar-refractivity contribution in [2.24, 2.45) is 5.92 Å². The van der Waals surface area contributed by atoms with E-state index in [1.54, 1.807) is 0 Å². The third-order valence-corrected chi connectivity index (χ3v) is 11.6. The monoisotopic (exact) mass is 380 g/mol. The first kappa shape index (κ1) is 18.9. The molecule has 0 radical (unpaired) electrons. The number of hydrogen-bond donors (Lipinski definition) is 0. The van der Waals surface area contributed by atoms with Crippen LogP contribution in [0.4, 0.5) is 0 Å². The molecule has 0 aromatic heterocycles. The molecule has 3 heteroatoms. The zero-order valence-electron chi connectivity index (χ0n) is 17.2. The van der Waals surface area contributed by atoms with E-state index in [0.717, 1.165) is 12.8 Å². The molecule has 0 N–H and O–H groups in total. The van der Waals surface area contributed by atoms with Gasteiger partial charge in [0.25, 0.3) is 8.32 Å². The molecule has 2 nitrogen and oxygen atoms in total. The number of benzene rings is 2. The maximum atomic E-state index is 7.36. The van der Waals surface area contributed by atoms with Crippen LogP contribution in [-0.2, 0) is 9.16 Å². The lowest BCUT2D eigenvalue weighted by atomic mass is 9.82. The highest BCUT2D eigenvalue weighted by Crippen LogP contribution is 2.52. The van der Waals surface area contributed by atoms with Crippen molar-refractivity contribution in [3.05, 3.63) is 60.7 Å². The molecule has 0 unspecified atom stereocenters. The van der Waals surface area contributed by atoms with Crippen LogP contribution in [0.3, 0.4) is 0 Å². The zero-order chi connectivity index (χ0) is 19.3. The van der Waals surface area contributed by atoms with E-state index < -0.39 is 8.32 Å². The van der Waals surface area contributed by atoms with Gasteiger partial charge in [0.05, 0.1) is 12.2 Å². The minimum Gasteiger partial charge on any atom is -0.401 e. The molecule has 2 aliphatic rings. The molecule has 4 rings (SSSR count). The van der Waals surface area contributed by atoms with Crippen LogP contribution < -0.4 is 10.4 Å². The van der Waals surface area contributed by atoms with Crippen LogP contribution in [0.2, 0.25) is 5.04 Å². The van der Waals surface area contributed by atoms with Crippen molar-refractivity contribution < 1.29 is 9.16 Å². The molecule has 2 fully saturated rings. The number of rotatable bonds is 4. The second-order valence-electron chi connectivity index (χ2n) is 9.64. The van der Waals surface area contributed by atoms with Crippen molar-refractivity contribution in [3.8, 4) is 0 Å². The van der Waals surface area contributed by atoms with Gasteiger partial charge in [0.15, 0.2) is 0 Å². The van der Waals surface area contributed by atoms with Gasteiger partial charge in [-0.2, -0.15) is 0 Å². The summed E-state index contributed by atoms with van der Waals surface area (Å²) in [5.74, 6) is 0.647. The summed E-state index contributed by atoms with van der Waals surface area (Å²) in [6.45, 7) is 11.6. The van der Waals surface area contributed by atoms with Crippen LogP contribution in [0, 0.1) is 5.92 Å². The summed E-state index contributed by atoms with van der Waals surface area (Å²) in [5.41, 5.74) is -0.112. The summed E-state index contributed by atoms with van der Waals surface area (Å²) in [5, 5.41) is 2.71. The van der Waals surface area contributed by atoms with Crippen molar-refractivity contribution in [2.75, 3.05) is 0 Å². The second-order valence-corrected chi connectivity index (χ2v) is 13.9. The van der Waals surface area contributed by atoms with E-state index in [1.807, 2.05) is 0 Å². The summed E-state index contributed by atoms with van der Waals surface area (Å²) >= 11 is 0. The highest BCUT2D eigenvalue weighted by Gasteiger charge is 2.64. The summed E-state index contributed by atoms with van der Waals surface area (Å²) in [7, 11) is -2.51. The van der Waals surface area contributed by atoms with Gasteiger partial charge in [-0.15, -0.1) is 0 Å². The Bertz CT molecular complexity index is 744. The Kier molecular flexibility index (Phi) is 4.61. The highest BCUT2D eigenvalue weighted by molar-refractivity contribution is 6.99. The first-order chi connectivity index (χ1) is 12.8. The van der Waals surface area contributed by atoms with Crippen LogP contribution >= 0.6 is 0 Å². The van der Waals surface area contributed by atoms with Crippen molar-refractivity contribution in [3.63, 3.8) is 0 Å². The largest absolute Gasteiger partial charge is 0.401 e. The van der Waals surface area contributed by atoms with Gasteiger partial charge >= 0.3 is 0 Å². The lowest BCUT2D eigenvalue weighted by molar-refractivity contribution is 0.0747. The topological polar surface area (TPSA) is 21.8 Å². The lowest BCUT2D eigenvalue weighted by Crippen LogP contribution is -2.69. The Morgan fingerprint density at radius 3 is 1.93 bits per heavy atom. The first-order valence-corrected chi connectivity index (χ1v) is 12.1. The molecular formula is C24H32O2Si. The van der Waals surface area contributed by atoms with Gasteiger partial charge in [-0.1, -0.05) is 88.4 Å². The fourth-order valence-corrected chi connectivity index (χ4v) is 9.74. The Balaban J connectivity index is 1.85. The minimum absolute atomic E-state index is 0.0111. The van der Waals surface area contributed by atoms with Crippen molar-refractivity contribution in [2.45, 2.75) is 70.3 Å². The molecular weight excluding hydrogens is 348 g/mol. The van der Waals surface area contributed by atoms with Crippen LogP contribution in [0.1, 0.15) is 47.5 Å². The van der Waals surface area contributed by atoms with Crippen molar-refractivity contribution in [1.82, 2.24) is 0 Å². The number of ether oxygens (including phenoxy) is 1. The van der Waals surface area contributed by atoms with Crippen LogP contribution in [-0.4, -0.2) is 26.1 Å². The normalized spacial score (nSPS) is 30.6. The quantitative estimate of drug-likeness (QED) is 0.575. The number of epoxide rings is 1. The molecule has 2 aromatic carbocycles. The molecule has 0 amide bonds. The summed E-state index contributed by atoms with van der Waals surface area (Å²) in [6, 6.07) is 21.9. The molecule has 1 aliphatic carbocycles. The van der Waals surface area contributed by atoms with E-state index in [-0.39, 0.29) is 16.7 Å². The van der Waals surface area contributed by atoms with Crippen molar-refractivity contribution >= 4 is 18.7 Å². The number of hydrogen-bond acceptors (Lipinski definition) is 2. The molecule has 0 spiro atoms. The zero-order valence-corrected chi connectivity index (χ0v) is 18.2. The Morgan fingerprint density at radius 2 is 1.44 bits per heavy atom. The summed E-state index contributed by atoms with van der Waals surface area (Å²) in [4.78, 5) is 0. The van der Waals surface area contributed by atoms with E-state index in [4.69, 9.17) is 9.16 Å². The molecule has 144 valence electrons. The third kappa shape index (κ3) is 3.10. The molecule has 27 heavy (non-hydrogen) atoms. The molecule has 1 aliphatic heterocycles. The van der Waals surface area contributed by atoms with Gasteiger partial charge in [-0.3, -0.25) is 0 Å². The van der Waals surface area contributed by atoms with Crippen molar-refractivity contribution in [1.29, 1.82) is 0 Å². The maximum Gasteiger partial charge on any atom is 0.261 e. The van der Waals surface area contributed by atoms with Gasteiger partial charge in [0, 0.05) is 0 Å². The third-order valence-electron chi connectivity index (χ3n) is 6.59. The highest BCUT2D eigenvalue weighted by atomic mass is 28.4. The van der Waals surface area contributed by atoms with Gasteiger partial charge in [-0.05, 0) is 41.1 Å². The van der Waals surface area contributed by atoms with E-state index in [9.17, 15) is 0 Å². The van der Waals surface area contributed by atoms with E-state index in [2.05, 4.69) is 95.3 Å². The fourth-order valence-electron chi connectivity index (χ4n) is 4.97. The Hall–Kier alpha value is -1.42. The first-order valence-electron chi connectivity index (χ1n) is 10.2. The smallest absolute Gasteiger partial charge is 0.261 e. The minimum atomic E-state index is -2.51. The molecule has 1 saturated heterocycles. The molecule has 4 atom stereocenters. The summed E-state index contributed by atoms with van der Waals surface area (Å²) in [6.07, 6.45) is 2.76. The summed E-state index contributed by atoms with van der Waals surface area (Å²) < 4.78 is 13.5. The van der Waals surface area contributed by atoms with E-state index in [1.165, 1.54) is 10.4 Å². The fraction of sp³-hybridized carbons (Fsp3) is 0.500. The van der Waals surface area contributed by atoms with Crippen LogP contribution in [0.5, 0.6) is 0 Å². The molecule has 1 heterocycles. The average Bonchev–Trinajstić information content (AvgIpc) is 3.31. The second kappa shape index (κ2) is 6.58. The molecule has 2 aromatic rings.